The van der Waals surface area contributed by atoms with Crippen LogP contribution in [0.4, 0.5) is 5.69 Å². The molecule has 1 heterocycles. The number of rotatable bonds is 6. The van der Waals surface area contributed by atoms with Gasteiger partial charge >= 0.3 is 0 Å². The van der Waals surface area contributed by atoms with Crippen molar-refractivity contribution in [3.63, 3.8) is 0 Å². The maximum absolute atomic E-state index is 12.2. The zero-order valence-corrected chi connectivity index (χ0v) is 12.2. The number of anilines is 1. The highest BCUT2D eigenvalue weighted by Gasteiger charge is 2.17. The van der Waals surface area contributed by atoms with E-state index in [1.165, 1.54) is 0 Å². The fraction of sp³-hybridized carbons (Fsp3) is 0.333. The van der Waals surface area contributed by atoms with E-state index in [-0.39, 0.29) is 11.4 Å². The Kier molecular flexibility index (Phi) is 4.35. The van der Waals surface area contributed by atoms with Crippen molar-refractivity contribution in [2.75, 3.05) is 18.9 Å². The monoisotopic (exact) mass is 295 g/mol. The number of hydrogen-bond acceptors (Lipinski definition) is 5. The van der Waals surface area contributed by atoms with Gasteiger partial charge in [0, 0.05) is 27.1 Å². The Hall–Kier alpha value is -1.93. The molecule has 0 amide bonds. The molecule has 1 aromatic heterocycles. The van der Waals surface area contributed by atoms with Crippen LogP contribution in [0, 0.1) is 0 Å². The Morgan fingerprint density at radius 1 is 1.30 bits per heavy atom. The Morgan fingerprint density at radius 3 is 2.70 bits per heavy atom. The smallest absolute Gasteiger partial charge is 0.242 e. The van der Waals surface area contributed by atoms with Gasteiger partial charge in [0.2, 0.25) is 10.0 Å². The summed E-state index contributed by atoms with van der Waals surface area (Å²) >= 11 is 0. The first-order valence-electron chi connectivity index (χ1n) is 6.14. The second-order valence-electron chi connectivity index (χ2n) is 4.23. The van der Waals surface area contributed by atoms with Crippen LogP contribution in [0.3, 0.4) is 0 Å². The highest BCUT2D eigenvalue weighted by molar-refractivity contribution is 7.89. The van der Waals surface area contributed by atoms with E-state index >= 15 is 0 Å². The SMILES string of the molecule is CNc1ccccc1S(=O)(=O)NCCc1ncn(C)n1. The van der Waals surface area contributed by atoms with Gasteiger partial charge in [0.05, 0.1) is 5.69 Å². The molecule has 0 atom stereocenters. The van der Waals surface area contributed by atoms with Crippen molar-refractivity contribution >= 4 is 15.7 Å². The Morgan fingerprint density at radius 2 is 2.05 bits per heavy atom. The summed E-state index contributed by atoms with van der Waals surface area (Å²) in [4.78, 5) is 4.28. The Labute approximate surface area is 118 Å². The number of benzene rings is 1. The zero-order chi connectivity index (χ0) is 14.6. The topological polar surface area (TPSA) is 88.9 Å². The second kappa shape index (κ2) is 6.02. The van der Waals surface area contributed by atoms with E-state index in [2.05, 4.69) is 20.1 Å². The van der Waals surface area contributed by atoms with E-state index in [9.17, 15) is 8.42 Å². The molecule has 7 nitrogen and oxygen atoms in total. The fourth-order valence-electron chi connectivity index (χ4n) is 1.78. The normalized spacial score (nSPS) is 11.5. The molecule has 0 radical (unpaired) electrons. The van der Waals surface area contributed by atoms with Crippen molar-refractivity contribution in [1.29, 1.82) is 0 Å². The maximum Gasteiger partial charge on any atom is 0.242 e. The van der Waals surface area contributed by atoms with Gasteiger partial charge in [-0.25, -0.2) is 18.1 Å². The van der Waals surface area contributed by atoms with Crippen molar-refractivity contribution in [1.82, 2.24) is 19.5 Å². The number of aryl methyl sites for hydroxylation is 1. The summed E-state index contributed by atoms with van der Waals surface area (Å²) in [5, 5.41) is 6.96. The van der Waals surface area contributed by atoms with Crippen LogP contribution in [-0.4, -0.2) is 36.8 Å². The number of nitrogens with zero attached hydrogens (tertiary/aromatic N) is 3. The fourth-order valence-corrected chi connectivity index (χ4v) is 3.02. The van der Waals surface area contributed by atoms with Gasteiger partial charge in [0.25, 0.3) is 0 Å². The molecule has 2 N–H and O–H groups in total. The molecule has 2 aromatic rings. The molecule has 0 aliphatic rings. The second-order valence-corrected chi connectivity index (χ2v) is 5.96. The number of hydrogen-bond donors (Lipinski definition) is 2. The number of sulfonamides is 1. The molecule has 0 saturated heterocycles. The maximum atomic E-state index is 12.2. The number of para-hydroxylation sites is 1. The third-order valence-electron chi connectivity index (χ3n) is 2.73. The lowest BCUT2D eigenvalue weighted by Gasteiger charge is -2.10. The quantitative estimate of drug-likeness (QED) is 0.804. The van der Waals surface area contributed by atoms with Gasteiger partial charge in [-0.2, -0.15) is 5.10 Å². The van der Waals surface area contributed by atoms with Crippen LogP contribution >= 0.6 is 0 Å². The van der Waals surface area contributed by atoms with Gasteiger partial charge in [-0.3, -0.25) is 4.68 Å². The lowest BCUT2D eigenvalue weighted by Crippen LogP contribution is -2.27. The minimum absolute atomic E-state index is 0.233. The Balaban J connectivity index is 2.04. The number of aromatic nitrogens is 3. The first-order chi connectivity index (χ1) is 9.53. The van der Waals surface area contributed by atoms with Crippen molar-refractivity contribution in [2.45, 2.75) is 11.3 Å². The van der Waals surface area contributed by atoms with Crippen molar-refractivity contribution < 1.29 is 8.42 Å². The predicted octanol–water partition coefficient (Wildman–Crippen LogP) is 0.378. The van der Waals surface area contributed by atoms with Crippen LogP contribution < -0.4 is 10.0 Å². The zero-order valence-electron chi connectivity index (χ0n) is 11.4. The molecule has 0 aliphatic carbocycles. The van der Waals surface area contributed by atoms with Crippen LogP contribution in [0.5, 0.6) is 0 Å². The first-order valence-corrected chi connectivity index (χ1v) is 7.62. The van der Waals surface area contributed by atoms with E-state index in [1.807, 2.05) is 0 Å². The summed E-state index contributed by atoms with van der Waals surface area (Å²) in [5.74, 6) is 0.608. The molecule has 0 unspecified atom stereocenters. The molecule has 0 fully saturated rings. The summed E-state index contributed by atoms with van der Waals surface area (Å²) in [6.07, 6.45) is 2.03. The molecule has 1 aromatic carbocycles. The molecule has 0 saturated carbocycles. The molecular weight excluding hydrogens is 278 g/mol. The molecule has 2 rings (SSSR count). The van der Waals surface area contributed by atoms with Crippen LogP contribution in [0.15, 0.2) is 35.5 Å². The van der Waals surface area contributed by atoms with Crippen molar-refractivity contribution in [3.8, 4) is 0 Å². The van der Waals surface area contributed by atoms with E-state index in [4.69, 9.17) is 0 Å². The summed E-state index contributed by atoms with van der Waals surface area (Å²) in [7, 11) is -0.0869. The predicted molar refractivity (Wildman–Crippen MR) is 75.9 cm³/mol. The van der Waals surface area contributed by atoms with Gasteiger partial charge in [-0.1, -0.05) is 12.1 Å². The first kappa shape index (κ1) is 14.5. The van der Waals surface area contributed by atoms with Gasteiger partial charge in [0.15, 0.2) is 5.82 Å². The van der Waals surface area contributed by atoms with Gasteiger partial charge < -0.3 is 5.32 Å². The molecule has 8 heteroatoms. The van der Waals surface area contributed by atoms with Gasteiger partial charge in [0.1, 0.15) is 11.2 Å². The van der Waals surface area contributed by atoms with E-state index < -0.39 is 10.0 Å². The summed E-state index contributed by atoms with van der Waals surface area (Å²) in [5.41, 5.74) is 0.566. The highest BCUT2D eigenvalue weighted by atomic mass is 32.2. The summed E-state index contributed by atoms with van der Waals surface area (Å²) < 4.78 is 28.6. The van der Waals surface area contributed by atoms with Gasteiger partial charge in [-0.05, 0) is 12.1 Å². The lowest BCUT2D eigenvalue weighted by molar-refractivity contribution is 0.581. The Bertz CT molecular complexity index is 681. The lowest BCUT2D eigenvalue weighted by atomic mass is 10.3. The molecule has 0 aliphatic heterocycles. The molecule has 20 heavy (non-hydrogen) atoms. The minimum atomic E-state index is -3.54. The van der Waals surface area contributed by atoms with Crippen molar-refractivity contribution in [3.05, 3.63) is 36.4 Å². The van der Waals surface area contributed by atoms with Crippen LogP contribution in [0.25, 0.3) is 0 Å². The molecule has 108 valence electrons. The molecule has 0 spiro atoms. The van der Waals surface area contributed by atoms with Gasteiger partial charge in [-0.15, -0.1) is 0 Å². The summed E-state index contributed by atoms with van der Waals surface area (Å²) in [6, 6.07) is 6.75. The number of nitrogens with one attached hydrogen (secondary N) is 2. The van der Waals surface area contributed by atoms with E-state index in [1.54, 1.807) is 49.4 Å². The average Bonchev–Trinajstić information content (AvgIpc) is 2.84. The van der Waals surface area contributed by atoms with Crippen LogP contribution in [-0.2, 0) is 23.5 Å². The largest absolute Gasteiger partial charge is 0.387 e. The average molecular weight is 295 g/mol. The van der Waals surface area contributed by atoms with Crippen LogP contribution in [0.2, 0.25) is 0 Å². The minimum Gasteiger partial charge on any atom is -0.387 e. The molecular formula is C12H17N5O2S. The summed E-state index contributed by atoms with van der Waals surface area (Å²) in [6.45, 7) is 0.254. The third-order valence-corrected chi connectivity index (χ3v) is 4.25. The standard InChI is InChI=1S/C12H17N5O2S/c1-13-10-5-3-4-6-11(10)20(18,19)15-8-7-12-14-9-17(2)16-12/h3-6,9,13,15H,7-8H2,1-2H3. The molecule has 0 bridgehead atoms. The van der Waals surface area contributed by atoms with Crippen molar-refractivity contribution in [2.24, 2.45) is 7.05 Å². The third kappa shape index (κ3) is 3.34. The van der Waals surface area contributed by atoms with E-state index in [0.29, 0.717) is 17.9 Å². The highest BCUT2D eigenvalue weighted by Crippen LogP contribution is 2.19. The van der Waals surface area contributed by atoms with Crippen LogP contribution in [0.1, 0.15) is 5.82 Å². The van der Waals surface area contributed by atoms with E-state index in [0.717, 1.165) is 0 Å².